The Morgan fingerprint density at radius 3 is 2.65 bits per heavy atom. The molecule has 1 aromatic heterocycles. The number of nitrogens with zero attached hydrogens (tertiary/aromatic N) is 2. The van der Waals surface area contributed by atoms with E-state index in [0.29, 0.717) is 19.5 Å². The van der Waals surface area contributed by atoms with Gasteiger partial charge in [-0.2, -0.15) is 4.31 Å². The molecule has 112 valence electrons. The first-order valence-electron chi connectivity index (χ1n) is 7.28. The van der Waals surface area contributed by atoms with Crippen molar-refractivity contribution in [3.05, 3.63) is 24.5 Å². The minimum Gasteiger partial charge on any atom is -0.330 e. The number of hydrogen-bond acceptors (Lipinski definition) is 4. The van der Waals surface area contributed by atoms with Gasteiger partial charge >= 0.3 is 0 Å². The van der Waals surface area contributed by atoms with E-state index in [1.54, 1.807) is 22.6 Å². The standard InChI is InChI=1S/C14H23N3O2S/c15-9-5-11-17(13-6-2-1-3-7-13)20(18,19)14-8-4-10-16-12-14/h4,8,10,12-13H,1-3,5-7,9,11,15H2. The van der Waals surface area contributed by atoms with E-state index in [4.69, 9.17) is 5.73 Å². The average molecular weight is 297 g/mol. The summed E-state index contributed by atoms with van der Waals surface area (Å²) in [6.07, 6.45) is 9.01. The van der Waals surface area contributed by atoms with Crippen molar-refractivity contribution in [2.45, 2.75) is 49.5 Å². The summed E-state index contributed by atoms with van der Waals surface area (Å²) in [4.78, 5) is 4.21. The van der Waals surface area contributed by atoms with Gasteiger partial charge in [0.05, 0.1) is 0 Å². The zero-order valence-electron chi connectivity index (χ0n) is 11.7. The lowest BCUT2D eigenvalue weighted by Gasteiger charge is -2.33. The number of nitrogens with two attached hydrogens (primary N) is 1. The Kier molecular flexibility index (Phi) is 5.51. The Bertz CT molecular complexity index is 498. The van der Waals surface area contributed by atoms with Gasteiger partial charge < -0.3 is 5.73 Å². The minimum absolute atomic E-state index is 0.112. The quantitative estimate of drug-likeness (QED) is 0.868. The third kappa shape index (κ3) is 3.56. The van der Waals surface area contributed by atoms with E-state index in [-0.39, 0.29) is 10.9 Å². The van der Waals surface area contributed by atoms with E-state index in [2.05, 4.69) is 4.98 Å². The second-order valence-corrected chi connectivity index (χ2v) is 7.13. The van der Waals surface area contributed by atoms with Crippen LogP contribution in [0.2, 0.25) is 0 Å². The minimum atomic E-state index is -3.46. The molecule has 0 radical (unpaired) electrons. The monoisotopic (exact) mass is 297 g/mol. The molecule has 1 aromatic rings. The molecule has 1 fully saturated rings. The fourth-order valence-electron chi connectivity index (χ4n) is 2.75. The zero-order valence-corrected chi connectivity index (χ0v) is 12.6. The molecule has 0 aromatic carbocycles. The van der Waals surface area contributed by atoms with Gasteiger partial charge in [-0.3, -0.25) is 4.98 Å². The molecular formula is C14H23N3O2S. The third-order valence-corrected chi connectivity index (χ3v) is 5.74. The molecule has 0 bridgehead atoms. The lowest BCUT2D eigenvalue weighted by molar-refractivity contribution is 0.252. The molecule has 1 aliphatic rings. The summed E-state index contributed by atoms with van der Waals surface area (Å²) < 4.78 is 27.2. The van der Waals surface area contributed by atoms with Crippen molar-refractivity contribution in [3.8, 4) is 0 Å². The molecule has 0 atom stereocenters. The summed E-state index contributed by atoms with van der Waals surface area (Å²) in [5, 5.41) is 0. The molecule has 0 aliphatic heterocycles. The summed E-state index contributed by atoms with van der Waals surface area (Å²) in [6.45, 7) is 1.00. The fraction of sp³-hybridized carbons (Fsp3) is 0.643. The number of hydrogen-bond donors (Lipinski definition) is 1. The molecule has 20 heavy (non-hydrogen) atoms. The van der Waals surface area contributed by atoms with Crippen LogP contribution in [0.5, 0.6) is 0 Å². The van der Waals surface area contributed by atoms with Gasteiger partial charge in [0.15, 0.2) is 0 Å². The molecule has 1 saturated carbocycles. The number of aromatic nitrogens is 1. The molecule has 0 spiro atoms. The average Bonchev–Trinajstić information content (AvgIpc) is 2.49. The first-order chi connectivity index (χ1) is 9.66. The number of rotatable bonds is 6. The van der Waals surface area contributed by atoms with Crippen molar-refractivity contribution >= 4 is 10.0 Å². The molecule has 5 nitrogen and oxygen atoms in total. The summed E-state index contributed by atoms with van der Waals surface area (Å²) >= 11 is 0. The molecule has 1 heterocycles. The molecule has 2 N–H and O–H groups in total. The topological polar surface area (TPSA) is 76.3 Å². The predicted octanol–water partition coefficient (Wildman–Crippen LogP) is 1.75. The molecule has 0 saturated heterocycles. The lowest BCUT2D eigenvalue weighted by Crippen LogP contribution is -2.42. The van der Waals surface area contributed by atoms with Crippen LogP contribution in [-0.4, -0.2) is 36.8 Å². The predicted molar refractivity (Wildman–Crippen MR) is 78.7 cm³/mol. The van der Waals surface area contributed by atoms with Crippen molar-refractivity contribution in [2.24, 2.45) is 5.73 Å². The SMILES string of the molecule is NCCCN(C1CCCCC1)S(=O)(=O)c1cccnc1. The van der Waals surface area contributed by atoms with Crippen LogP contribution in [-0.2, 0) is 10.0 Å². The van der Waals surface area contributed by atoms with E-state index in [1.807, 2.05) is 0 Å². The van der Waals surface area contributed by atoms with E-state index < -0.39 is 10.0 Å². The van der Waals surface area contributed by atoms with E-state index in [1.165, 1.54) is 12.6 Å². The summed E-state index contributed by atoms with van der Waals surface area (Å²) in [5.41, 5.74) is 5.55. The van der Waals surface area contributed by atoms with Crippen molar-refractivity contribution in [1.82, 2.24) is 9.29 Å². The first-order valence-corrected chi connectivity index (χ1v) is 8.72. The maximum absolute atomic E-state index is 12.8. The maximum Gasteiger partial charge on any atom is 0.244 e. The molecule has 6 heteroatoms. The Hall–Kier alpha value is -0.980. The van der Waals surface area contributed by atoms with Crippen molar-refractivity contribution in [2.75, 3.05) is 13.1 Å². The lowest BCUT2D eigenvalue weighted by atomic mass is 9.95. The smallest absolute Gasteiger partial charge is 0.244 e. The highest BCUT2D eigenvalue weighted by molar-refractivity contribution is 7.89. The zero-order chi connectivity index (χ0) is 14.4. The fourth-order valence-corrected chi connectivity index (χ4v) is 4.44. The van der Waals surface area contributed by atoms with Gasteiger partial charge in [0.25, 0.3) is 0 Å². The van der Waals surface area contributed by atoms with Gasteiger partial charge in [-0.25, -0.2) is 8.42 Å². The molecule has 2 rings (SSSR count). The van der Waals surface area contributed by atoms with Crippen molar-refractivity contribution in [3.63, 3.8) is 0 Å². The van der Waals surface area contributed by atoms with E-state index >= 15 is 0 Å². The summed E-state index contributed by atoms with van der Waals surface area (Å²) in [7, 11) is -3.46. The second-order valence-electron chi connectivity index (χ2n) is 5.24. The Balaban J connectivity index is 2.24. The molecule has 0 amide bonds. The molecule has 1 aliphatic carbocycles. The van der Waals surface area contributed by atoms with Crippen LogP contribution >= 0.6 is 0 Å². The second kappa shape index (κ2) is 7.15. The Labute approximate surface area is 121 Å². The van der Waals surface area contributed by atoms with Crippen LogP contribution in [0.25, 0.3) is 0 Å². The Morgan fingerprint density at radius 1 is 1.30 bits per heavy atom. The summed E-state index contributed by atoms with van der Waals surface area (Å²) in [5.74, 6) is 0. The van der Waals surface area contributed by atoms with Gasteiger partial charge in [0, 0.05) is 25.0 Å². The van der Waals surface area contributed by atoms with Gasteiger partial charge in [-0.1, -0.05) is 19.3 Å². The van der Waals surface area contributed by atoms with Crippen LogP contribution in [0.15, 0.2) is 29.4 Å². The molecule has 0 unspecified atom stereocenters. The highest BCUT2D eigenvalue weighted by Gasteiger charge is 2.31. The summed E-state index contributed by atoms with van der Waals surface area (Å²) in [6, 6.07) is 3.38. The normalized spacial score (nSPS) is 17.5. The maximum atomic E-state index is 12.8. The van der Waals surface area contributed by atoms with Crippen LogP contribution in [0.1, 0.15) is 38.5 Å². The number of sulfonamides is 1. The largest absolute Gasteiger partial charge is 0.330 e. The van der Waals surface area contributed by atoms with Crippen LogP contribution in [0.3, 0.4) is 0 Å². The Morgan fingerprint density at radius 2 is 2.05 bits per heavy atom. The highest BCUT2D eigenvalue weighted by Crippen LogP contribution is 2.27. The van der Waals surface area contributed by atoms with Crippen molar-refractivity contribution < 1.29 is 8.42 Å². The van der Waals surface area contributed by atoms with Crippen molar-refractivity contribution in [1.29, 1.82) is 0 Å². The van der Waals surface area contributed by atoms with Gasteiger partial charge in [0.2, 0.25) is 10.0 Å². The van der Waals surface area contributed by atoms with Gasteiger partial charge in [-0.05, 0) is 37.9 Å². The van der Waals surface area contributed by atoms with Gasteiger partial charge in [-0.15, -0.1) is 0 Å². The van der Waals surface area contributed by atoms with Crippen LogP contribution in [0, 0.1) is 0 Å². The van der Waals surface area contributed by atoms with Gasteiger partial charge in [0.1, 0.15) is 4.90 Å². The first kappa shape index (κ1) is 15.4. The van der Waals surface area contributed by atoms with Crippen LogP contribution < -0.4 is 5.73 Å². The van der Waals surface area contributed by atoms with Crippen LogP contribution in [0.4, 0.5) is 0 Å². The number of pyridine rings is 1. The van der Waals surface area contributed by atoms with E-state index in [0.717, 1.165) is 25.7 Å². The third-order valence-electron chi connectivity index (χ3n) is 3.81. The molecular weight excluding hydrogens is 274 g/mol. The highest BCUT2D eigenvalue weighted by atomic mass is 32.2. The van der Waals surface area contributed by atoms with E-state index in [9.17, 15) is 8.42 Å².